The van der Waals surface area contributed by atoms with E-state index in [4.69, 9.17) is 10.6 Å². The SMILES string of the molecule is CCCCC(CC)CC(NN)C1(OC)CCCCC1. The number of hydrogen-bond donors (Lipinski definition) is 2. The molecule has 0 heterocycles. The molecule has 0 bridgehead atoms. The zero-order chi connectivity index (χ0) is 14.1. The second-order valence-electron chi connectivity index (χ2n) is 6.20. The molecule has 0 aromatic heterocycles. The normalized spacial score (nSPS) is 22.1. The number of nitrogens with one attached hydrogen (secondary N) is 1. The summed E-state index contributed by atoms with van der Waals surface area (Å²) in [6.07, 6.45) is 12.5. The highest BCUT2D eigenvalue weighted by Gasteiger charge is 2.40. The molecule has 0 spiro atoms. The van der Waals surface area contributed by atoms with Crippen molar-refractivity contribution in [2.45, 2.75) is 89.7 Å². The van der Waals surface area contributed by atoms with Gasteiger partial charge in [0.25, 0.3) is 0 Å². The summed E-state index contributed by atoms with van der Waals surface area (Å²) in [4.78, 5) is 0. The van der Waals surface area contributed by atoms with Gasteiger partial charge in [0.2, 0.25) is 0 Å². The molecule has 0 radical (unpaired) electrons. The first-order valence-electron chi connectivity index (χ1n) is 8.23. The van der Waals surface area contributed by atoms with Crippen molar-refractivity contribution in [3.63, 3.8) is 0 Å². The van der Waals surface area contributed by atoms with Crippen LogP contribution in [0.25, 0.3) is 0 Å². The molecule has 3 heteroatoms. The largest absolute Gasteiger partial charge is 0.377 e. The van der Waals surface area contributed by atoms with Crippen molar-refractivity contribution in [3.05, 3.63) is 0 Å². The first kappa shape index (κ1) is 16.9. The molecule has 3 N–H and O–H groups in total. The molecule has 1 fully saturated rings. The monoisotopic (exact) mass is 270 g/mol. The Balaban J connectivity index is 2.62. The van der Waals surface area contributed by atoms with Crippen molar-refractivity contribution in [1.82, 2.24) is 5.43 Å². The van der Waals surface area contributed by atoms with Gasteiger partial charge in [-0.25, -0.2) is 0 Å². The molecule has 0 aromatic carbocycles. The lowest BCUT2D eigenvalue weighted by Crippen LogP contribution is -2.56. The predicted octanol–water partition coefficient (Wildman–Crippen LogP) is 3.77. The lowest BCUT2D eigenvalue weighted by molar-refractivity contribution is -0.0730. The topological polar surface area (TPSA) is 47.3 Å². The van der Waals surface area contributed by atoms with E-state index >= 15 is 0 Å². The van der Waals surface area contributed by atoms with Crippen LogP contribution in [0.5, 0.6) is 0 Å². The van der Waals surface area contributed by atoms with Crippen LogP contribution < -0.4 is 11.3 Å². The fourth-order valence-electron chi connectivity index (χ4n) is 3.59. The number of nitrogens with two attached hydrogens (primary N) is 1. The van der Waals surface area contributed by atoms with Crippen LogP contribution in [0, 0.1) is 5.92 Å². The van der Waals surface area contributed by atoms with Gasteiger partial charge in [0.05, 0.1) is 11.6 Å². The Kier molecular flexibility index (Phi) is 7.96. The molecule has 3 nitrogen and oxygen atoms in total. The van der Waals surface area contributed by atoms with Gasteiger partial charge in [0, 0.05) is 7.11 Å². The molecule has 2 atom stereocenters. The summed E-state index contributed by atoms with van der Waals surface area (Å²) >= 11 is 0. The van der Waals surface area contributed by atoms with Gasteiger partial charge >= 0.3 is 0 Å². The minimum Gasteiger partial charge on any atom is -0.377 e. The van der Waals surface area contributed by atoms with Crippen LogP contribution in [-0.4, -0.2) is 18.8 Å². The van der Waals surface area contributed by atoms with Crippen molar-refractivity contribution in [2.75, 3.05) is 7.11 Å². The molecule has 1 aliphatic carbocycles. The summed E-state index contributed by atoms with van der Waals surface area (Å²) < 4.78 is 5.94. The second kappa shape index (κ2) is 8.93. The summed E-state index contributed by atoms with van der Waals surface area (Å²) in [5.74, 6) is 6.64. The molecule has 19 heavy (non-hydrogen) atoms. The Labute approximate surface area is 119 Å². The first-order valence-corrected chi connectivity index (χ1v) is 8.23. The van der Waals surface area contributed by atoms with Crippen LogP contribution >= 0.6 is 0 Å². The molecule has 1 rings (SSSR count). The summed E-state index contributed by atoms with van der Waals surface area (Å²) in [6.45, 7) is 4.57. The van der Waals surface area contributed by atoms with Gasteiger partial charge in [-0.05, 0) is 25.2 Å². The summed E-state index contributed by atoms with van der Waals surface area (Å²) in [7, 11) is 1.86. The minimum absolute atomic E-state index is 0.0212. The molecule has 1 saturated carbocycles. The molecule has 114 valence electrons. The van der Waals surface area contributed by atoms with E-state index in [1.54, 1.807) is 0 Å². The van der Waals surface area contributed by atoms with E-state index in [9.17, 15) is 0 Å². The lowest BCUT2D eigenvalue weighted by atomic mass is 9.75. The maximum Gasteiger partial charge on any atom is 0.0844 e. The molecule has 0 saturated heterocycles. The third-order valence-electron chi connectivity index (χ3n) is 5.05. The second-order valence-corrected chi connectivity index (χ2v) is 6.20. The maximum atomic E-state index is 5.94. The van der Waals surface area contributed by atoms with Crippen LogP contribution in [-0.2, 0) is 4.74 Å². The van der Waals surface area contributed by atoms with Crippen LogP contribution in [0.1, 0.15) is 78.1 Å². The van der Waals surface area contributed by atoms with E-state index in [1.807, 2.05) is 7.11 Å². The highest BCUT2D eigenvalue weighted by atomic mass is 16.5. The van der Waals surface area contributed by atoms with E-state index in [0.29, 0.717) is 6.04 Å². The van der Waals surface area contributed by atoms with Gasteiger partial charge in [-0.15, -0.1) is 0 Å². The Morgan fingerprint density at radius 3 is 2.37 bits per heavy atom. The third kappa shape index (κ3) is 4.73. The molecular formula is C16H34N2O. The standard InChI is InChI=1S/C16H34N2O/c1-4-6-10-14(5-2)13-15(18-17)16(19-3)11-8-7-9-12-16/h14-15,18H,4-13,17H2,1-3H3. The number of hydrogen-bond acceptors (Lipinski definition) is 3. The quantitative estimate of drug-likeness (QED) is 0.495. The third-order valence-corrected chi connectivity index (χ3v) is 5.05. The Bertz CT molecular complexity index is 227. The Morgan fingerprint density at radius 1 is 1.21 bits per heavy atom. The van der Waals surface area contributed by atoms with Crippen molar-refractivity contribution >= 4 is 0 Å². The predicted molar refractivity (Wildman–Crippen MR) is 81.9 cm³/mol. The smallest absolute Gasteiger partial charge is 0.0844 e. The van der Waals surface area contributed by atoms with Crippen LogP contribution in [0.4, 0.5) is 0 Å². The Morgan fingerprint density at radius 2 is 1.89 bits per heavy atom. The lowest BCUT2D eigenvalue weighted by Gasteiger charge is -2.43. The molecule has 0 amide bonds. The van der Waals surface area contributed by atoms with E-state index in [0.717, 1.165) is 25.2 Å². The minimum atomic E-state index is -0.0212. The van der Waals surface area contributed by atoms with Gasteiger partial charge in [-0.2, -0.15) is 0 Å². The van der Waals surface area contributed by atoms with Crippen molar-refractivity contribution < 1.29 is 4.74 Å². The van der Waals surface area contributed by atoms with Crippen molar-refractivity contribution in [2.24, 2.45) is 11.8 Å². The molecular weight excluding hydrogens is 236 g/mol. The van der Waals surface area contributed by atoms with Crippen LogP contribution in [0.2, 0.25) is 0 Å². The van der Waals surface area contributed by atoms with Crippen molar-refractivity contribution in [1.29, 1.82) is 0 Å². The number of hydrazine groups is 1. The molecule has 0 aliphatic heterocycles. The average Bonchev–Trinajstić information content (AvgIpc) is 2.48. The van der Waals surface area contributed by atoms with Crippen LogP contribution in [0.15, 0.2) is 0 Å². The fourth-order valence-corrected chi connectivity index (χ4v) is 3.59. The number of methoxy groups -OCH3 is 1. The average molecular weight is 270 g/mol. The maximum absolute atomic E-state index is 5.94. The fraction of sp³-hybridized carbons (Fsp3) is 1.00. The summed E-state index contributed by atoms with van der Waals surface area (Å²) in [5.41, 5.74) is 3.06. The highest BCUT2D eigenvalue weighted by Crippen LogP contribution is 2.37. The van der Waals surface area contributed by atoms with Gasteiger partial charge in [0.15, 0.2) is 0 Å². The first-order chi connectivity index (χ1) is 9.22. The van der Waals surface area contributed by atoms with E-state index in [1.165, 1.54) is 44.9 Å². The number of rotatable bonds is 9. The zero-order valence-electron chi connectivity index (χ0n) is 13.2. The van der Waals surface area contributed by atoms with E-state index < -0.39 is 0 Å². The summed E-state index contributed by atoms with van der Waals surface area (Å²) in [6, 6.07) is 0.305. The van der Waals surface area contributed by atoms with E-state index in [-0.39, 0.29) is 5.60 Å². The van der Waals surface area contributed by atoms with Crippen LogP contribution in [0.3, 0.4) is 0 Å². The van der Waals surface area contributed by atoms with Gasteiger partial charge in [-0.1, -0.05) is 58.8 Å². The zero-order valence-corrected chi connectivity index (χ0v) is 13.2. The molecule has 1 aliphatic rings. The van der Waals surface area contributed by atoms with Gasteiger partial charge in [-0.3, -0.25) is 11.3 Å². The number of unbranched alkanes of at least 4 members (excludes halogenated alkanes) is 1. The van der Waals surface area contributed by atoms with Crippen molar-refractivity contribution in [3.8, 4) is 0 Å². The Hall–Kier alpha value is -0.120. The highest BCUT2D eigenvalue weighted by molar-refractivity contribution is 4.95. The summed E-state index contributed by atoms with van der Waals surface area (Å²) in [5, 5.41) is 0. The van der Waals surface area contributed by atoms with Gasteiger partial charge < -0.3 is 4.74 Å². The molecule has 0 aromatic rings. The van der Waals surface area contributed by atoms with E-state index in [2.05, 4.69) is 19.3 Å². The van der Waals surface area contributed by atoms with Gasteiger partial charge in [0.1, 0.15) is 0 Å². The number of ether oxygens (including phenoxy) is 1. The molecule has 2 unspecified atom stereocenters.